The number of nitrogens with zero attached hydrogens (tertiary/aromatic N) is 1. The molecular formula is C17H24Cl3N3O2. The molecule has 0 saturated heterocycles. The van der Waals surface area contributed by atoms with Crippen LogP contribution in [0.15, 0.2) is 18.2 Å². The van der Waals surface area contributed by atoms with Crippen molar-refractivity contribution in [3.63, 3.8) is 0 Å². The highest BCUT2D eigenvalue weighted by Gasteiger charge is 2.34. The highest BCUT2D eigenvalue weighted by Crippen LogP contribution is 2.33. The molecule has 2 amide bonds. The first-order valence-corrected chi connectivity index (χ1v) is 8.96. The lowest BCUT2D eigenvalue weighted by Crippen LogP contribution is -2.43. The number of hydrogen-bond acceptors (Lipinski definition) is 3. The van der Waals surface area contributed by atoms with Crippen LogP contribution in [0.3, 0.4) is 0 Å². The number of nitrogens with one attached hydrogen (secondary N) is 1. The summed E-state index contributed by atoms with van der Waals surface area (Å²) in [5.74, 6) is -0.173. The molecule has 1 saturated carbocycles. The minimum Gasteiger partial charge on any atom is -0.333 e. The Morgan fingerprint density at radius 2 is 1.92 bits per heavy atom. The minimum atomic E-state index is -0.317. The number of likely N-dealkylation sites (N-methyl/N-ethyl adjacent to an activating group) is 1. The Balaban J connectivity index is 0.00000312. The largest absolute Gasteiger partial charge is 0.333 e. The summed E-state index contributed by atoms with van der Waals surface area (Å²) in [4.78, 5) is 26.6. The molecule has 1 aliphatic rings. The first-order valence-electron chi connectivity index (χ1n) is 8.20. The van der Waals surface area contributed by atoms with Crippen LogP contribution in [0.25, 0.3) is 0 Å². The molecule has 1 fully saturated rings. The number of nitrogens with two attached hydrogens (primary N) is 1. The third kappa shape index (κ3) is 5.48. The molecule has 140 valence electrons. The molecule has 0 heterocycles. The molecule has 1 aromatic rings. The number of carbonyl (C=O) groups is 2. The molecular weight excluding hydrogens is 385 g/mol. The first kappa shape index (κ1) is 22.0. The second-order valence-corrected chi connectivity index (χ2v) is 6.84. The summed E-state index contributed by atoms with van der Waals surface area (Å²) >= 11 is 12.1. The van der Waals surface area contributed by atoms with Gasteiger partial charge >= 0.3 is 0 Å². The quantitative estimate of drug-likeness (QED) is 0.755. The lowest BCUT2D eigenvalue weighted by Gasteiger charge is -2.26. The van der Waals surface area contributed by atoms with Crippen molar-refractivity contribution in [2.45, 2.75) is 26.2 Å². The number of halogens is 3. The van der Waals surface area contributed by atoms with Gasteiger partial charge in [-0.3, -0.25) is 9.59 Å². The van der Waals surface area contributed by atoms with Crippen LogP contribution >= 0.6 is 35.6 Å². The third-order valence-corrected chi connectivity index (χ3v) is 5.16. The van der Waals surface area contributed by atoms with Crippen LogP contribution in [-0.4, -0.2) is 36.3 Å². The predicted octanol–water partition coefficient (Wildman–Crippen LogP) is 3.58. The Hall–Kier alpha value is -1.01. The van der Waals surface area contributed by atoms with E-state index in [0.29, 0.717) is 28.8 Å². The van der Waals surface area contributed by atoms with Crippen LogP contribution in [0.5, 0.6) is 0 Å². The topological polar surface area (TPSA) is 75.4 Å². The maximum atomic E-state index is 12.7. The van der Waals surface area contributed by atoms with Gasteiger partial charge in [-0.05, 0) is 44.4 Å². The number of rotatable bonds is 6. The number of anilines is 1. The normalized spacial score (nSPS) is 19.2. The predicted molar refractivity (Wildman–Crippen MR) is 104 cm³/mol. The number of carbonyl (C=O) groups excluding carboxylic acids is 2. The molecule has 0 aromatic heterocycles. The molecule has 2 rings (SSSR count). The van der Waals surface area contributed by atoms with E-state index in [1.54, 1.807) is 23.1 Å². The van der Waals surface area contributed by atoms with Gasteiger partial charge in [-0.2, -0.15) is 0 Å². The summed E-state index contributed by atoms with van der Waals surface area (Å²) in [6.45, 7) is 2.82. The SMILES string of the molecule is CCN(CC(=O)Nc1c(Cl)cccc1Cl)C(=O)[C@@H]1CCC[C@@H]1CN.Cl. The molecule has 8 heteroatoms. The summed E-state index contributed by atoms with van der Waals surface area (Å²) in [5, 5.41) is 3.42. The number of hydrogen-bond donors (Lipinski definition) is 2. The summed E-state index contributed by atoms with van der Waals surface area (Å²) in [6, 6.07) is 5.00. The maximum absolute atomic E-state index is 12.7. The molecule has 0 bridgehead atoms. The summed E-state index contributed by atoms with van der Waals surface area (Å²) in [6.07, 6.45) is 2.83. The van der Waals surface area contributed by atoms with Crippen molar-refractivity contribution in [1.82, 2.24) is 4.90 Å². The number of amides is 2. The fraction of sp³-hybridized carbons (Fsp3) is 0.529. The van der Waals surface area contributed by atoms with Crippen molar-refractivity contribution in [2.75, 3.05) is 25.0 Å². The minimum absolute atomic E-state index is 0. The maximum Gasteiger partial charge on any atom is 0.244 e. The molecule has 25 heavy (non-hydrogen) atoms. The Labute approximate surface area is 164 Å². The zero-order valence-corrected chi connectivity index (χ0v) is 16.5. The fourth-order valence-electron chi connectivity index (χ4n) is 3.19. The number of para-hydroxylation sites is 1. The lowest BCUT2D eigenvalue weighted by atomic mass is 9.94. The monoisotopic (exact) mass is 407 g/mol. The smallest absolute Gasteiger partial charge is 0.244 e. The third-order valence-electron chi connectivity index (χ3n) is 4.53. The van der Waals surface area contributed by atoms with Gasteiger partial charge in [0.05, 0.1) is 22.3 Å². The van der Waals surface area contributed by atoms with Crippen molar-refractivity contribution in [3.05, 3.63) is 28.2 Å². The second kappa shape index (κ2) is 10.2. The average molecular weight is 409 g/mol. The van der Waals surface area contributed by atoms with Gasteiger partial charge in [-0.15, -0.1) is 12.4 Å². The van der Waals surface area contributed by atoms with Crippen molar-refractivity contribution in [3.8, 4) is 0 Å². The van der Waals surface area contributed by atoms with Crippen LogP contribution in [0.1, 0.15) is 26.2 Å². The van der Waals surface area contributed by atoms with Crippen molar-refractivity contribution in [1.29, 1.82) is 0 Å². The fourth-order valence-corrected chi connectivity index (χ4v) is 3.69. The second-order valence-electron chi connectivity index (χ2n) is 6.03. The van der Waals surface area contributed by atoms with Crippen molar-refractivity contribution < 1.29 is 9.59 Å². The Morgan fingerprint density at radius 1 is 1.28 bits per heavy atom. The van der Waals surface area contributed by atoms with E-state index in [-0.39, 0.29) is 42.6 Å². The molecule has 0 spiro atoms. The van der Waals surface area contributed by atoms with E-state index >= 15 is 0 Å². The van der Waals surface area contributed by atoms with Gasteiger partial charge in [0.15, 0.2) is 0 Å². The average Bonchev–Trinajstić information content (AvgIpc) is 3.04. The van der Waals surface area contributed by atoms with E-state index in [0.717, 1.165) is 19.3 Å². The van der Waals surface area contributed by atoms with E-state index < -0.39 is 0 Å². The zero-order chi connectivity index (χ0) is 17.7. The molecule has 0 radical (unpaired) electrons. The van der Waals surface area contributed by atoms with E-state index in [9.17, 15) is 9.59 Å². The van der Waals surface area contributed by atoms with E-state index in [1.807, 2.05) is 6.92 Å². The lowest BCUT2D eigenvalue weighted by molar-refractivity contribution is -0.139. The standard InChI is InChI=1S/C17H23Cl2N3O2.ClH/c1-2-22(17(24)12-6-3-5-11(12)9-20)10-15(23)21-16-13(18)7-4-8-14(16)19;/h4,7-8,11-12H,2-3,5-6,9-10,20H2,1H3,(H,21,23);1H/t11-,12-;/m1./s1. The van der Waals surface area contributed by atoms with Crippen LogP contribution in [0.2, 0.25) is 10.0 Å². The van der Waals surface area contributed by atoms with E-state index in [4.69, 9.17) is 28.9 Å². The molecule has 0 aliphatic heterocycles. The molecule has 1 aliphatic carbocycles. The highest BCUT2D eigenvalue weighted by molar-refractivity contribution is 6.39. The summed E-state index contributed by atoms with van der Waals surface area (Å²) in [7, 11) is 0. The first-order chi connectivity index (χ1) is 11.5. The number of benzene rings is 1. The summed E-state index contributed by atoms with van der Waals surface area (Å²) in [5.41, 5.74) is 6.13. The molecule has 5 nitrogen and oxygen atoms in total. The highest BCUT2D eigenvalue weighted by atomic mass is 35.5. The Bertz CT molecular complexity index is 593. The van der Waals surface area contributed by atoms with Gasteiger partial charge in [0.25, 0.3) is 0 Å². The van der Waals surface area contributed by atoms with E-state index in [2.05, 4.69) is 5.32 Å². The van der Waals surface area contributed by atoms with Crippen LogP contribution in [0, 0.1) is 11.8 Å². The van der Waals surface area contributed by atoms with Crippen molar-refractivity contribution in [2.24, 2.45) is 17.6 Å². The van der Waals surface area contributed by atoms with Gasteiger partial charge in [-0.1, -0.05) is 35.7 Å². The van der Waals surface area contributed by atoms with Crippen LogP contribution < -0.4 is 11.1 Å². The zero-order valence-electron chi connectivity index (χ0n) is 14.1. The van der Waals surface area contributed by atoms with Gasteiger partial charge in [0.1, 0.15) is 0 Å². The molecule has 1 aromatic carbocycles. The molecule has 3 N–H and O–H groups in total. The van der Waals surface area contributed by atoms with Gasteiger partial charge in [0, 0.05) is 12.5 Å². The Kier molecular flexibility index (Phi) is 9.00. The van der Waals surface area contributed by atoms with Gasteiger partial charge in [-0.25, -0.2) is 0 Å². The summed E-state index contributed by atoms with van der Waals surface area (Å²) < 4.78 is 0. The van der Waals surface area contributed by atoms with Crippen LogP contribution in [-0.2, 0) is 9.59 Å². The van der Waals surface area contributed by atoms with E-state index in [1.165, 1.54) is 0 Å². The van der Waals surface area contributed by atoms with Gasteiger partial charge in [0.2, 0.25) is 11.8 Å². The van der Waals surface area contributed by atoms with Gasteiger partial charge < -0.3 is 16.0 Å². The molecule has 2 atom stereocenters. The Morgan fingerprint density at radius 3 is 2.48 bits per heavy atom. The van der Waals surface area contributed by atoms with Crippen molar-refractivity contribution >= 4 is 53.1 Å². The molecule has 0 unspecified atom stereocenters. The van der Waals surface area contributed by atoms with Crippen LogP contribution in [0.4, 0.5) is 5.69 Å².